The second-order valence-corrected chi connectivity index (χ2v) is 5.39. The molecule has 2 saturated carbocycles. The fraction of sp³-hybridized carbons (Fsp3) is 0.833. The maximum Gasteiger partial charge on any atom is 0.313 e. The van der Waals surface area contributed by atoms with E-state index in [0.29, 0.717) is 25.9 Å². The van der Waals surface area contributed by atoms with Crippen LogP contribution in [0.3, 0.4) is 0 Å². The Morgan fingerprint density at radius 2 is 2.12 bits per heavy atom. The quantitative estimate of drug-likeness (QED) is 0.687. The van der Waals surface area contributed by atoms with Crippen molar-refractivity contribution in [1.82, 2.24) is 0 Å². The van der Waals surface area contributed by atoms with Crippen LogP contribution < -0.4 is 0 Å². The highest BCUT2D eigenvalue weighted by molar-refractivity contribution is 5.91. The number of carboxylic acid groups (broad SMARTS) is 1. The lowest BCUT2D eigenvalue weighted by Crippen LogP contribution is -2.69. The molecule has 1 spiro atoms. The zero-order chi connectivity index (χ0) is 11.4. The van der Waals surface area contributed by atoms with Crippen molar-refractivity contribution in [1.29, 1.82) is 0 Å². The van der Waals surface area contributed by atoms with Crippen LogP contribution >= 0.6 is 0 Å². The summed E-state index contributed by atoms with van der Waals surface area (Å²) in [5.74, 6) is -0.774. The molecule has 88 valence electrons. The van der Waals surface area contributed by atoms with Crippen LogP contribution in [0, 0.1) is 16.7 Å². The van der Waals surface area contributed by atoms with E-state index < -0.39 is 16.8 Å². The van der Waals surface area contributed by atoms with E-state index in [1.807, 2.05) is 0 Å². The van der Waals surface area contributed by atoms with E-state index in [9.17, 15) is 14.7 Å². The molecule has 1 saturated heterocycles. The number of hydrogen-bond acceptors (Lipinski definition) is 3. The minimum Gasteiger partial charge on any atom is -0.481 e. The van der Waals surface area contributed by atoms with Crippen LogP contribution in [-0.2, 0) is 14.3 Å². The molecule has 1 N–H and O–H groups in total. The van der Waals surface area contributed by atoms with Gasteiger partial charge in [0.15, 0.2) is 0 Å². The van der Waals surface area contributed by atoms with Crippen molar-refractivity contribution < 1.29 is 19.4 Å². The van der Waals surface area contributed by atoms with Crippen molar-refractivity contribution in [2.45, 2.75) is 38.5 Å². The smallest absolute Gasteiger partial charge is 0.313 e. The summed E-state index contributed by atoms with van der Waals surface area (Å²) in [5.41, 5.74) is -1.47. The predicted molar refractivity (Wildman–Crippen MR) is 54.7 cm³/mol. The number of esters is 1. The van der Waals surface area contributed by atoms with Crippen LogP contribution in [0.15, 0.2) is 0 Å². The summed E-state index contributed by atoms with van der Waals surface area (Å²) in [4.78, 5) is 23.6. The van der Waals surface area contributed by atoms with Crippen molar-refractivity contribution in [2.24, 2.45) is 16.7 Å². The van der Waals surface area contributed by atoms with Crippen LogP contribution in [-0.4, -0.2) is 23.7 Å². The van der Waals surface area contributed by atoms with Gasteiger partial charge in [-0.3, -0.25) is 9.59 Å². The van der Waals surface area contributed by atoms with E-state index in [0.717, 1.165) is 19.3 Å². The van der Waals surface area contributed by atoms with E-state index in [2.05, 4.69) is 0 Å². The molecular formula is C12H16O4. The summed E-state index contributed by atoms with van der Waals surface area (Å²) in [6.45, 7) is 0.473. The third kappa shape index (κ3) is 0.874. The Labute approximate surface area is 94.0 Å². The molecule has 0 radical (unpaired) electrons. The van der Waals surface area contributed by atoms with Crippen LogP contribution in [0.4, 0.5) is 0 Å². The van der Waals surface area contributed by atoms with Gasteiger partial charge in [-0.1, -0.05) is 12.8 Å². The molecule has 3 aliphatic rings. The van der Waals surface area contributed by atoms with Crippen molar-refractivity contribution in [2.75, 3.05) is 6.61 Å². The molecule has 3 rings (SSSR count). The summed E-state index contributed by atoms with van der Waals surface area (Å²) < 4.78 is 5.14. The predicted octanol–water partition coefficient (Wildman–Crippen LogP) is 1.58. The third-order valence-corrected chi connectivity index (χ3v) is 5.04. The molecule has 0 unspecified atom stereocenters. The molecule has 0 aromatic rings. The minimum absolute atomic E-state index is 0.239. The first-order valence-corrected chi connectivity index (χ1v) is 6.04. The van der Waals surface area contributed by atoms with Crippen LogP contribution in [0.25, 0.3) is 0 Å². The lowest BCUT2D eigenvalue weighted by Gasteiger charge is -2.64. The van der Waals surface area contributed by atoms with Gasteiger partial charge in [-0.2, -0.15) is 0 Å². The standard InChI is InChI=1S/C12H16O4/c13-9(14)11-4-1-2-5-12(11)8(7-11)3-6-16-10(12)15/h8H,1-7H2,(H,13,14)/t8-,11-,12+/m1/s1. The minimum atomic E-state index is -0.798. The van der Waals surface area contributed by atoms with E-state index in [-0.39, 0.29) is 11.9 Å². The second-order valence-electron chi connectivity index (χ2n) is 5.39. The molecular weight excluding hydrogens is 208 g/mol. The number of hydrogen-bond donors (Lipinski definition) is 1. The van der Waals surface area contributed by atoms with Gasteiger partial charge in [0.25, 0.3) is 0 Å². The number of ether oxygens (including phenoxy) is 1. The van der Waals surface area contributed by atoms with E-state index >= 15 is 0 Å². The number of carbonyl (C=O) groups excluding carboxylic acids is 1. The number of rotatable bonds is 1. The van der Waals surface area contributed by atoms with Gasteiger partial charge in [0.05, 0.1) is 17.4 Å². The highest BCUT2D eigenvalue weighted by Crippen LogP contribution is 2.70. The first kappa shape index (κ1) is 10.1. The Morgan fingerprint density at radius 1 is 1.38 bits per heavy atom. The number of carboxylic acids is 1. The maximum atomic E-state index is 12.0. The highest BCUT2D eigenvalue weighted by Gasteiger charge is 2.74. The number of cyclic esters (lactones) is 1. The van der Waals surface area contributed by atoms with Crippen molar-refractivity contribution in [3.8, 4) is 0 Å². The summed E-state index contributed by atoms with van der Waals surface area (Å²) in [6.07, 6.45) is 4.77. The Bertz CT molecular complexity index is 364. The van der Waals surface area contributed by atoms with Crippen molar-refractivity contribution in [3.63, 3.8) is 0 Å². The Hall–Kier alpha value is -1.06. The fourth-order valence-electron chi connectivity index (χ4n) is 4.26. The van der Waals surface area contributed by atoms with Crippen molar-refractivity contribution in [3.05, 3.63) is 0 Å². The first-order chi connectivity index (χ1) is 7.63. The largest absolute Gasteiger partial charge is 0.481 e. The zero-order valence-corrected chi connectivity index (χ0v) is 9.20. The first-order valence-electron chi connectivity index (χ1n) is 6.04. The average molecular weight is 224 g/mol. The molecule has 1 heterocycles. The third-order valence-electron chi connectivity index (χ3n) is 5.04. The van der Waals surface area contributed by atoms with Gasteiger partial charge in [0.1, 0.15) is 0 Å². The summed E-state index contributed by atoms with van der Waals surface area (Å²) in [6, 6.07) is 0. The molecule has 3 atom stereocenters. The molecule has 16 heavy (non-hydrogen) atoms. The summed E-state index contributed by atoms with van der Waals surface area (Å²) in [5, 5.41) is 9.46. The second kappa shape index (κ2) is 2.99. The monoisotopic (exact) mass is 224 g/mol. The number of carbonyl (C=O) groups is 2. The van der Waals surface area contributed by atoms with Gasteiger partial charge in [-0.05, 0) is 31.6 Å². The topological polar surface area (TPSA) is 63.6 Å². The van der Waals surface area contributed by atoms with Crippen LogP contribution in [0.5, 0.6) is 0 Å². The van der Waals surface area contributed by atoms with Crippen molar-refractivity contribution >= 4 is 11.9 Å². The van der Waals surface area contributed by atoms with Crippen LogP contribution in [0.1, 0.15) is 38.5 Å². The molecule has 3 fully saturated rings. The van der Waals surface area contributed by atoms with Gasteiger partial charge in [-0.25, -0.2) is 0 Å². The van der Waals surface area contributed by atoms with Gasteiger partial charge in [0, 0.05) is 0 Å². The Balaban J connectivity index is 2.05. The lowest BCUT2D eigenvalue weighted by atomic mass is 9.38. The summed E-state index contributed by atoms with van der Waals surface area (Å²) in [7, 11) is 0. The molecule has 2 aliphatic carbocycles. The van der Waals surface area contributed by atoms with Gasteiger partial charge >= 0.3 is 11.9 Å². The number of aliphatic carboxylic acids is 1. The van der Waals surface area contributed by atoms with Gasteiger partial charge < -0.3 is 9.84 Å². The molecule has 1 aliphatic heterocycles. The average Bonchev–Trinajstić information content (AvgIpc) is 2.21. The van der Waals surface area contributed by atoms with E-state index in [1.54, 1.807) is 0 Å². The molecule has 0 amide bonds. The lowest BCUT2D eigenvalue weighted by molar-refractivity contribution is -0.237. The van der Waals surface area contributed by atoms with Gasteiger partial charge in [-0.15, -0.1) is 0 Å². The Morgan fingerprint density at radius 3 is 2.81 bits per heavy atom. The Kier molecular flexibility index (Phi) is 1.89. The van der Waals surface area contributed by atoms with E-state index in [4.69, 9.17) is 4.74 Å². The fourth-order valence-corrected chi connectivity index (χ4v) is 4.26. The van der Waals surface area contributed by atoms with Crippen LogP contribution in [0.2, 0.25) is 0 Å². The maximum absolute atomic E-state index is 12.0. The summed E-state index contributed by atoms with van der Waals surface area (Å²) >= 11 is 0. The highest BCUT2D eigenvalue weighted by atomic mass is 16.5. The molecule has 0 bridgehead atoms. The SMILES string of the molecule is O=C(O)[C@]12CCCC[C@]13C(=O)OCC[C@@H]3C2. The molecule has 4 heteroatoms. The van der Waals surface area contributed by atoms with Gasteiger partial charge in [0.2, 0.25) is 0 Å². The molecule has 0 aromatic carbocycles. The van der Waals surface area contributed by atoms with E-state index in [1.165, 1.54) is 0 Å². The normalized spacial score (nSPS) is 46.0. The molecule has 4 nitrogen and oxygen atoms in total. The molecule has 0 aromatic heterocycles. The zero-order valence-electron chi connectivity index (χ0n) is 9.20.